The molecule has 8 heteroatoms. The molecular weight excluding hydrogens is 361 g/mol. The van der Waals surface area contributed by atoms with Crippen molar-refractivity contribution in [3.63, 3.8) is 0 Å². The molecule has 134 valence electrons. The van der Waals surface area contributed by atoms with Crippen molar-refractivity contribution in [3.05, 3.63) is 46.2 Å². The van der Waals surface area contributed by atoms with Crippen LogP contribution in [0.2, 0.25) is 5.02 Å². The predicted molar refractivity (Wildman–Crippen MR) is 101 cm³/mol. The molecule has 0 radical (unpaired) electrons. The summed E-state index contributed by atoms with van der Waals surface area (Å²) in [6.45, 7) is 4.56. The van der Waals surface area contributed by atoms with Gasteiger partial charge in [-0.25, -0.2) is 0 Å². The summed E-state index contributed by atoms with van der Waals surface area (Å²) < 4.78 is 0. The number of carbonyl (C=O) groups is 1. The zero-order chi connectivity index (χ0) is 16.5. The number of halogens is 2. The molecule has 1 aromatic heterocycles. The molecule has 6 nitrogen and oxygen atoms in total. The summed E-state index contributed by atoms with van der Waals surface area (Å²) in [6, 6.07) is 7.84. The van der Waals surface area contributed by atoms with Gasteiger partial charge in [0.05, 0.1) is 10.7 Å². The van der Waals surface area contributed by atoms with E-state index < -0.39 is 0 Å². The molecule has 3 heterocycles. The van der Waals surface area contributed by atoms with Crippen molar-refractivity contribution in [1.82, 2.24) is 20.4 Å². The van der Waals surface area contributed by atoms with Crippen LogP contribution in [-0.2, 0) is 13.0 Å². The number of hydrogen-bond donors (Lipinski definition) is 2. The number of H-pyrrole nitrogens is 1. The molecule has 2 aliphatic heterocycles. The van der Waals surface area contributed by atoms with E-state index in [1.807, 2.05) is 29.2 Å². The molecule has 2 N–H and O–H groups in total. The minimum absolute atomic E-state index is 0. The van der Waals surface area contributed by atoms with Gasteiger partial charge in [0, 0.05) is 56.9 Å². The van der Waals surface area contributed by atoms with Gasteiger partial charge in [0.15, 0.2) is 5.69 Å². The molecule has 25 heavy (non-hydrogen) atoms. The molecule has 0 atom stereocenters. The fourth-order valence-electron chi connectivity index (χ4n) is 3.41. The lowest BCUT2D eigenvalue weighted by molar-refractivity contribution is 0.0739. The van der Waals surface area contributed by atoms with Gasteiger partial charge in [0.1, 0.15) is 0 Å². The average molecular weight is 382 g/mol. The lowest BCUT2D eigenvalue weighted by Gasteiger charge is -2.36. The fraction of sp³-hybridized carbons (Fsp3) is 0.412. The lowest BCUT2D eigenvalue weighted by Crippen LogP contribution is -2.49. The van der Waals surface area contributed by atoms with Crippen LogP contribution in [0.15, 0.2) is 24.3 Å². The number of hydrogen-bond acceptors (Lipinski definition) is 4. The summed E-state index contributed by atoms with van der Waals surface area (Å²) in [5.41, 5.74) is 3.72. The third-order valence-corrected chi connectivity index (χ3v) is 5.09. The Morgan fingerprint density at radius 1 is 1.16 bits per heavy atom. The topological polar surface area (TPSA) is 64.3 Å². The highest BCUT2D eigenvalue weighted by atomic mass is 35.5. The van der Waals surface area contributed by atoms with Crippen molar-refractivity contribution in [2.45, 2.75) is 13.0 Å². The number of carbonyl (C=O) groups excluding carboxylic acids is 1. The quantitative estimate of drug-likeness (QED) is 0.835. The first-order valence-corrected chi connectivity index (χ1v) is 8.67. The van der Waals surface area contributed by atoms with Crippen molar-refractivity contribution in [3.8, 4) is 0 Å². The van der Waals surface area contributed by atoms with Crippen molar-refractivity contribution in [1.29, 1.82) is 0 Å². The van der Waals surface area contributed by atoms with Crippen LogP contribution in [-0.4, -0.2) is 53.7 Å². The maximum atomic E-state index is 12.8. The van der Waals surface area contributed by atoms with Crippen molar-refractivity contribution in [2.75, 3.05) is 37.6 Å². The molecule has 0 unspecified atom stereocenters. The second-order valence-corrected chi connectivity index (χ2v) is 6.59. The molecule has 2 aromatic rings. The molecule has 4 rings (SSSR count). The van der Waals surface area contributed by atoms with E-state index in [9.17, 15) is 4.79 Å². The van der Waals surface area contributed by atoms with Crippen LogP contribution in [0.1, 0.15) is 21.7 Å². The molecule has 0 bridgehead atoms. The first-order chi connectivity index (χ1) is 11.7. The summed E-state index contributed by atoms with van der Waals surface area (Å²) in [7, 11) is 0. The largest absolute Gasteiger partial charge is 0.367 e. The summed E-state index contributed by atoms with van der Waals surface area (Å²) in [5.74, 6) is 0.0232. The highest BCUT2D eigenvalue weighted by molar-refractivity contribution is 6.33. The zero-order valence-electron chi connectivity index (χ0n) is 13.8. The van der Waals surface area contributed by atoms with E-state index in [2.05, 4.69) is 20.4 Å². The second-order valence-electron chi connectivity index (χ2n) is 6.19. The summed E-state index contributed by atoms with van der Waals surface area (Å²) in [5, 5.41) is 11.4. The number of para-hydroxylation sites is 1. The second kappa shape index (κ2) is 7.64. The Hall–Kier alpha value is -1.76. The Balaban J connectivity index is 0.00000182. The number of nitrogens with zero attached hydrogens (tertiary/aromatic N) is 3. The predicted octanol–water partition coefficient (Wildman–Crippen LogP) is 2.09. The maximum Gasteiger partial charge on any atom is 0.274 e. The smallest absolute Gasteiger partial charge is 0.274 e. The molecule has 1 saturated heterocycles. The Labute approximate surface area is 157 Å². The van der Waals surface area contributed by atoms with Crippen molar-refractivity contribution < 1.29 is 4.79 Å². The number of aromatic amines is 1. The third kappa shape index (κ3) is 3.47. The maximum absolute atomic E-state index is 12.8. The SMILES string of the molecule is Cl.O=C(c1n[nH]c2c1CNCC2)N1CCN(c2ccccc2Cl)CC1. The van der Waals surface area contributed by atoms with Gasteiger partial charge in [-0.2, -0.15) is 5.10 Å². The van der Waals surface area contributed by atoms with Crippen LogP contribution in [0.25, 0.3) is 0 Å². The Morgan fingerprint density at radius 3 is 2.68 bits per heavy atom. The molecule has 0 saturated carbocycles. The minimum Gasteiger partial charge on any atom is -0.367 e. The van der Waals surface area contributed by atoms with E-state index >= 15 is 0 Å². The van der Waals surface area contributed by atoms with Gasteiger partial charge in [-0.3, -0.25) is 9.89 Å². The number of benzene rings is 1. The first kappa shape index (κ1) is 18.0. The van der Waals surface area contributed by atoms with Crippen LogP contribution >= 0.6 is 24.0 Å². The van der Waals surface area contributed by atoms with E-state index in [0.29, 0.717) is 25.3 Å². The first-order valence-electron chi connectivity index (χ1n) is 8.29. The molecular formula is C17H21Cl2N5O. The van der Waals surface area contributed by atoms with Gasteiger partial charge < -0.3 is 15.1 Å². The minimum atomic E-state index is 0. The van der Waals surface area contributed by atoms with Gasteiger partial charge in [-0.05, 0) is 12.1 Å². The summed E-state index contributed by atoms with van der Waals surface area (Å²) in [6.07, 6.45) is 0.899. The Kier molecular flexibility index (Phi) is 5.51. The van der Waals surface area contributed by atoms with Crippen LogP contribution in [0.3, 0.4) is 0 Å². The van der Waals surface area contributed by atoms with Crippen molar-refractivity contribution in [2.24, 2.45) is 0 Å². The number of nitrogens with one attached hydrogen (secondary N) is 2. The molecule has 0 spiro atoms. The van der Waals surface area contributed by atoms with Gasteiger partial charge in [-0.15, -0.1) is 12.4 Å². The van der Waals surface area contributed by atoms with Gasteiger partial charge >= 0.3 is 0 Å². The number of amides is 1. The number of anilines is 1. The van der Waals surface area contributed by atoms with Crippen LogP contribution < -0.4 is 10.2 Å². The van der Waals surface area contributed by atoms with Crippen LogP contribution in [0, 0.1) is 0 Å². The summed E-state index contributed by atoms with van der Waals surface area (Å²) in [4.78, 5) is 16.9. The highest BCUT2D eigenvalue weighted by Gasteiger charge is 2.28. The van der Waals surface area contributed by atoms with Crippen LogP contribution in [0.4, 0.5) is 5.69 Å². The number of piperazine rings is 1. The van der Waals surface area contributed by atoms with E-state index in [0.717, 1.165) is 48.0 Å². The number of rotatable bonds is 2. The molecule has 2 aliphatic rings. The van der Waals surface area contributed by atoms with E-state index in [1.54, 1.807) is 0 Å². The average Bonchev–Trinajstić information content (AvgIpc) is 3.06. The molecule has 1 fully saturated rings. The van der Waals surface area contributed by atoms with Gasteiger partial charge in [0.25, 0.3) is 5.91 Å². The molecule has 0 aliphatic carbocycles. The highest BCUT2D eigenvalue weighted by Crippen LogP contribution is 2.26. The van der Waals surface area contributed by atoms with Gasteiger partial charge in [-0.1, -0.05) is 23.7 Å². The monoisotopic (exact) mass is 381 g/mol. The number of fused-ring (bicyclic) bond motifs is 1. The van der Waals surface area contributed by atoms with Gasteiger partial charge in [0.2, 0.25) is 0 Å². The van der Waals surface area contributed by atoms with Crippen molar-refractivity contribution >= 4 is 35.6 Å². The standard InChI is InChI=1S/C17H20ClN5O.ClH/c18-13-3-1-2-4-15(13)22-7-9-23(10-8-22)17(24)16-12-11-19-6-5-14(12)20-21-16;/h1-4,19H,5-11H2,(H,20,21);1H. The zero-order valence-corrected chi connectivity index (χ0v) is 15.4. The Morgan fingerprint density at radius 2 is 1.92 bits per heavy atom. The molecule has 1 aromatic carbocycles. The molecule has 1 amide bonds. The van der Waals surface area contributed by atoms with Crippen LogP contribution in [0.5, 0.6) is 0 Å². The Bertz CT molecular complexity index is 755. The number of aromatic nitrogens is 2. The summed E-state index contributed by atoms with van der Waals surface area (Å²) >= 11 is 6.27. The van der Waals surface area contributed by atoms with E-state index in [1.165, 1.54) is 0 Å². The van der Waals surface area contributed by atoms with E-state index in [4.69, 9.17) is 11.6 Å². The van der Waals surface area contributed by atoms with E-state index in [-0.39, 0.29) is 18.3 Å². The fourth-order valence-corrected chi connectivity index (χ4v) is 3.67. The third-order valence-electron chi connectivity index (χ3n) is 4.77. The normalized spacial score (nSPS) is 17.0. The lowest BCUT2D eigenvalue weighted by atomic mass is 10.1.